The second-order valence-electron chi connectivity index (χ2n) is 10.7. The number of carboxylic acids is 1. The molecule has 1 aliphatic heterocycles. The molecule has 0 aromatic carbocycles. The summed E-state index contributed by atoms with van der Waals surface area (Å²) >= 11 is 1.10. The van der Waals surface area contributed by atoms with Crippen molar-refractivity contribution in [2.45, 2.75) is 90.2 Å². The molecule has 1 aromatic rings. The zero-order valence-corrected chi connectivity index (χ0v) is 22.0. The fourth-order valence-electron chi connectivity index (χ4n) is 5.14. The third-order valence-corrected chi connectivity index (χ3v) is 7.90. The molecule has 194 valence electrons. The van der Waals surface area contributed by atoms with Gasteiger partial charge in [-0.2, -0.15) is 0 Å². The third kappa shape index (κ3) is 6.65. The van der Waals surface area contributed by atoms with E-state index < -0.39 is 11.6 Å². The molecule has 3 rings (SSSR count). The molecule has 7 nitrogen and oxygen atoms in total. The molecule has 0 unspecified atom stereocenters. The van der Waals surface area contributed by atoms with Gasteiger partial charge in [-0.1, -0.05) is 31.1 Å². The van der Waals surface area contributed by atoms with E-state index in [1.165, 1.54) is 6.42 Å². The van der Waals surface area contributed by atoms with Crippen LogP contribution in [-0.2, 0) is 9.53 Å². The summed E-state index contributed by atoms with van der Waals surface area (Å²) in [5.41, 5.74) is -1.04. The zero-order chi connectivity index (χ0) is 25.6. The number of hydrogen-bond acceptors (Lipinski definition) is 6. The number of aliphatic hydroxyl groups is 2. The van der Waals surface area contributed by atoms with Gasteiger partial charge in [0.25, 0.3) is 5.91 Å². The van der Waals surface area contributed by atoms with Crippen LogP contribution in [-0.4, -0.2) is 58.7 Å². The maximum atomic E-state index is 14.2. The number of nitrogens with zero attached hydrogens (tertiary/aromatic N) is 1. The first-order valence-electron chi connectivity index (χ1n) is 12.7. The molecule has 3 N–H and O–H groups in total. The smallest absolute Gasteiger partial charge is 0.348 e. The highest BCUT2D eigenvalue weighted by Gasteiger charge is 2.51. The minimum atomic E-state index is -1.19. The summed E-state index contributed by atoms with van der Waals surface area (Å²) in [5, 5.41) is 29.0. The first-order valence-corrected chi connectivity index (χ1v) is 13.5. The first-order chi connectivity index (χ1) is 16.6. The summed E-state index contributed by atoms with van der Waals surface area (Å²) in [7, 11) is 0. The fraction of sp³-hybridized carbons (Fsp3) is 0.704. The average Bonchev–Trinajstić information content (AvgIpc) is 3.26. The van der Waals surface area contributed by atoms with E-state index in [4.69, 9.17) is 4.74 Å². The molecule has 1 saturated carbocycles. The van der Waals surface area contributed by atoms with Gasteiger partial charge in [0.2, 0.25) is 0 Å². The Morgan fingerprint density at radius 3 is 2.34 bits per heavy atom. The van der Waals surface area contributed by atoms with E-state index in [0.717, 1.165) is 37.0 Å². The number of aromatic carboxylic acids is 1. The van der Waals surface area contributed by atoms with Crippen LogP contribution in [0.2, 0.25) is 0 Å². The van der Waals surface area contributed by atoms with Gasteiger partial charge in [0, 0.05) is 18.6 Å². The minimum absolute atomic E-state index is 0.0745. The van der Waals surface area contributed by atoms with Crippen molar-refractivity contribution in [3.05, 3.63) is 15.8 Å². The van der Waals surface area contributed by atoms with E-state index in [2.05, 4.69) is 11.8 Å². The molecular weight excluding hydrogens is 466 g/mol. The predicted octanol–water partition coefficient (Wildman–Crippen LogP) is 4.44. The van der Waals surface area contributed by atoms with Crippen molar-refractivity contribution in [1.82, 2.24) is 0 Å². The van der Waals surface area contributed by atoms with Crippen molar-refractivity contribution in [2.24, 2.45) is 11.3 Å². The van der Waals surface area contributed by atoms with Gasteiger partial charge < -0.3 is 25.0 Å². The van der Waals surface area contributed by atoms with Crippen molar-refractivity contribution < 1.29 is 29.6 Å². The van der Waals surface area contributed by atoms with Crippen LogP contribution in [0.25, 0.3) is 0 Å². The fourth-order valence-corrected chi connectivity index (χ4v) is 5.98. The number of amides is 1. The summed E-state index contributed by atoms with van der Waals surface area (Å²) < 4.78 is 6.31. The Labute approximate surface area is 212 Å². The van der Waals surface area contributed by atoms with E-state index in [0.29, 0.717) is 42.9 Å². The number of carbonyl (C=O) groups excluding carboxylic acids is 1. The summed E-state index contributed by atoms with van der Waals surface area (Å²) in [5.74, 6) is 5.15. The van der Waals surface area contributed by atoms with Crippen LogP contribution >= 0.6 is 11.3 Å². The van der Waals surface area contributed by atoms with Crippen LogP contribution in [0.15, 0.2) is 6.07 Å². The normalized spacial score (nSPS) is 21.0. The van der Waals surface area contributed by atoms with Crippen molar-refractivity contribution in [3.63, 3.8) is 0 Å². The molecule has 0 radical (unpaired) electrons. The molecule has 8 heteroatoms. The molecular formula is C27H39NO6S. The number of carboxylic acid groups (broad SMARTS) is 1. The molecule has 2 fully saturated rings. The molecule has 1 atom stereocenters. The summed E-state index contributed by atoms with van der Waals surface area (Å²) in [4.78, 5) is 28.9. The van der Waals surface area contributed by atoms with Gasteiger partial charge in [0.1, 0.15) is 10.5 Å². The van der Waals surface area contributed by atoms with E-state index >= 15 is 0 Å². The number of carbonyl (C=O) groups is 2. The van der Waals surface area contributed by atoms with Gasteiger partial charge in [0.05, 0.1) is 23.2 Å². The largest absolute Gasteiger partial charge is 0.477 e. The number of hydrogen-bond donors (Lipinski definition) is 3. The SMILES string of the molecule is CC(C)(C)C#Cc1cc(N2C(=O)C(CCCO)(CCCO)OC[C@H]2C2CCCCC2)c(C(=O)O)s1. The number of aliphatic hydroxyl groups excluding tert-OH is 2. The first kappa shape index (κ1) is 27.7. The van der Waals surface area contributed by atoms with Crippen LogP contribution in [0, 0.1) is 23.2 Å². The van der Waals surface area contributed by atoms with E-state index in [1.54, 1.807) is 11.0 Å². The Hall–Kier alpha value is -1.92. The van der Waals surface area contributed by atoms with Gasteiger partial charge in [-0.15, -0.1) is 11.3 Å². The Morgan fingerprint density at radius 1 is 1.17 bits per heavy atom. The van der Waals surface area contributed by atoms with E-state index in [-0.39, 0.29) is 41.4 Å². The number of anilines is 1. The average molecular weight is 506 g/mol. The molecule has 2 aliphatic rings. The molecule has 35 heavy (non-hydrogen) atoms. The monoisotopic (exact) mass is 505 g/mol. The molecule has 0 spiro atoms. The summed E-state index contributed by atoms with van der Waals surface area (Å²) in [6.45, 7) is 6.14. The maximum Gasteiger partial charge on any atom is 0.348 e. The van der Waals surface area contributed by atoms with Gasteiger partial charge in [-0.05, 0) is 71.3 Å². The van der Waals surface area contributed by atoms with Crippen molar-refractivity contribution in [3.8, 4) is 11.8 Å². The topological polar surface area (TPSA) is 107 Å². The summed E-state index contributed by atoms with van der Waals surface area (Å²) in [6, 6.07) is 1.49. The molecule has 0 bridgehead atoms. The van der Waals surface area contributed by atoms with Crippen LogP contribution < -0.4 is 4.90 Å². The Kier molecular flexibility index (Phi) is 9.39. The van der Waals surface area contributed by atoms with Crippen LogP contribution in [0.1, 0.15) is 93.1 Å². The lowest BCUT2D eigenvalue weighted by atomic mass is 9.80. The quantitative estimate of drug-likeness (QED) is 0.428. The molecule has 1 aromatic heterocycles. The Bertz CT molecular complexity index is 939. The predicted molar refractivity (Wildman–Crippen MR) is 137 cm³/mol. The number of thiophene rings is 1. The number of ether oxygens (including phenoxy) is 1. The highest BCUT2D eigenvalue weighted by Crippen LogP contribution is 2.43. The van der Waals surface area contributed by atoms with Gasteiger partial charge in [-0.25, -0.2) is 4.79 Å². The number of rotatable bonds is 9. The van der Waals surface area contributed by atoms with E-state index in [9.17, 15) is 24.9 Å². The second-order valence-corrected chi connectivity index (χ2v) is 11.8. The van der Waals surface area contributed by atoms with Crippen molar-refractivity contribution in [1.29, 1.82) is 0 Å². The molecule has 1 aliphatic carbocycles. The second kappa shape index (κ2) is 11.9. The van der Waals surface area contributed by atoms with Crippen molar-refractivity contribution >= 4 is 28.9 Å². The van der Waals surface area contributed by atoms with Gasteiger partial charge >= 0.3 is 5.97 Å². The maximum absolute atomic E-state index is 14.2. The minimum Gasteiger partial charge on any atom is -0.477 e. The Balaban J connectivity index is 2.10. The summed E-state index contributed by atoms with van der Waals surface area (Å²) in [6.07, 6.45) is 6.69. The highest BCUT2D eigenvalue weighted by molar-refractivity contribution is 7.15. The van der Waals surface area contributed by atoms with Gasteiger partial charge in [-0.3, -0.25) is 4.79 Å². The molecule has 1 amide bonds. The highest BCUT2D eigenvalue weighted by atomic mass is 32.1. The lowest BCUT2D eigenvalue weighted by Gasteiger charge is -2.49. The molecule has 2 heterocycles. The van der Waals surface area contributed by atoms with Crippen molar-refractivity contribution in [2.75, 3.05) is 24.7 Å². The van der Waals surface area contributed by atoms with Crippen LogP contribution in [0.4, 0.5) is 5.69 Å². The zero-order valence-electron chi connectivity index (χ0n) is 21.1. The van der Waals surface area contributed by atoms with Crippen LogP contribution in [0.5, 0.6) is 0 Å². The van der Waals surface area contributed by atoms with Gasteiger partial charge in [0.15, 0.2) is 0 Å². The Morgan fingerprint density at radius 2 is 1.80 bits per heavy atom. The number of morpholine rings is 1. The van der Waals surface area contributed by atoms with E-state index in [1.807, 2.05) is 20.8 Å². The molecule has 1 saturated heterocycles. The standard InChI is InChI=1S/C27H39NO6S/c1-26(2,3)14-11-20-17-21(23(35-20)24(31)32)28-22(19-9-5-4-6-10-19)18-34-27(25(28)33,12-7-15-29)13-8-16-30/h17,19,22,29-30H,4-10,12-13,15-16,18H2,1-3H3,(H,31,32)/t22-/m0/s1. The van der Waals surface area contributed by atoms with Crippen LogP contribution in [0.3, 0.4) is 0 Å². The lowest BCUT2D eigenvalue weighted by molar-refractivity contribution is -0.159. The lowest BCUT2D eigenvalue weighted by Crippen LogP contribution is -2.63. The third-order valence-electron chi connectivity index (χ3n) is 6.87.